The van der Waals surface area contributed by atoms with Gasteiger partial charge in [-0.2, -0.15) is 0 Å². The molecule has 0 saturated heterocycles. The van der Waals surface area contributed by atoms with Gasteiger partial charge in [0, 0.05) is 60.7 Å². The third kappa shape index (κ3) is 34.9. The Balaban J connectivity index is -0.000000639. The van der Waals surface area contributed by atoms with E-state index in [4.69, 9.17) is 0 Å². The van der Waals surface area contributed by atoms with Crippen LogP contribution in [0.1, 0.15) is 215 Å². The topological polar surface area (TPSA) is 129 Å². The smallest absolute Gasteiger partial charge is 0.216 e. The van der Waals surface area contributed by atoms with E-state index in [-0.39, 0.29) is 26.9 Å². The summed E-state index contributed by atoms with van der Waals surface area (Å²) in [7, 11) is 0. The van der Waals surface area contributed by atoms with Gasteiger partial charge >= 0.3 is 0 Å². The fraction of sp³-hybridized carbons (Fsp3) is 1.00. The molecule has 0 saturated carbocycles. The number of unbranched alkanes of at least 4 members (excludes halogenated alkanes) is 18. The number of nitro groups is 3. The lowest BCUT2D eigenvalue weighted by Gasteiger charge is -2.10. The number of nitrogens with zero attached hydrogens (tertiary/aromatic N) is 3. The average Bonchev–Trinajstić information content (AvgIpc) is 3.00. The quantitative estimate of drug-likeness (QED) is 0.0452. The summed E-state index contributed by atoms with van der Waals surface area (Å²) < 4.78 is 0. The Morgan fingerprint density at radius 1 is 0.444 bits per heavy atom. The van der Waals surface area contributed by atoms with Crippen LogP contribution >= 0.6 is 0 Å². The zero-order valence-corrected chi connectivity index (χ0v) is 30.8. The molecule has 2 unspecified atom stereocenters. The van der Waals surface area contributed by atoms with Crippen molar-refractivity contribution in [2.24, 2.45) is 0 Å². The molecule has 0 spiro atoms. The van der Waals surface area contributed by atoms with Crippen molar-refractivity contribution in [2.45, 2.75) is 233 Å². The summed E-state index contributed by atoms with van der Waals surface area (Å²) >= 11 is 0. The molecule has 0 fully saturated rings. The van der Waals surface area contributed by atoms with Crippen LogP contribution in [0.4, 0.5) is 0 Å². The van der Waals surface area contributed by atoms with Crippen LogP contribution in [0, 0.1) is 30.3 Å². The molecule has 0 aliphatic carbocycles. The molecule has 270 valence electrons. The molecule has 0 amide bonds. The lowest BCUT2D eigenvalue weighted by Crippen LogP contribution is -2.29. The van der Waals surface area contributed by atoms with Gasteiger partial charge in [-0.05, 0) is 19.3 Å². The number of rotatable bonds is 29. The minimum absolute atomic E-state index is 0.0637. The minimum atomic E-state index is -0.736. The van der Waals surface area contributed by atoms with E-state index >= 15 is 0 Å². The van der Waals surface area contributed by atoms with E-state index in [2.05, 4.69) is 20.8 Å². The van der Waals surface area contributed by atoms with E-state index in [1.165, 1.54) is 103 Å². The van der Waals surface area contributed by atoms with E-state index in [1.807, 2.05) is 13.8 Å². The fourth-order valence-electron chi connectivity index (χ4n) is 4.95. The Morgan fingerprint density at radius 2 is 0.711 bits per heavy atom. The van der Waals surface area contributed by atoms with E-state index in [9.17, 15) is 30.3 Å². The SMILES string of the molecule is CCC(C)(C)[N+](=O)[O-].CCCCCCCC(CCCCCC)[N+](=O)[O-].CCCCCCCCCCCCCCC(CC)[N+](=O)[O-]. The van der Waals surface area contributed by atoms with Crippen molar-refractivity contribution in [1.82, 2.24) is 0 Å². The highest BCUT2D eigenvalue weighted by Gasteiger charge is 2.27. The van der Waals surface area contributed by atoms with Gasteiger partial charge in [-0.3, -0.25) is 30.3 Å². The normalized spacial score (nSPS) is 12.3. The molecule has 0 radical (unpaired) electrons. The van der Waals surface area contributed by atoms with Gasteiger partial charge in [0.1, 0.15) is 0 Å². The molecule has 0 aromatic carbocycles. The minimum Gasteiger partial charge on any atom is -0.264 e. The highest BCUT2D eigenvalue weighted by atomic mass is 16.6. The maximum absolute atomic E-state index is 10.9. The summed E-state index contributed by atoms with van der Waals surface area (Å²) in [4.78, 5) is 31.2. The highest BCUT2D eigenvalue weighted by molar-refractivity contribution is 4.62. The molecule has 0 bridgehead atoms. The number of hydrogen-bond donors (Lipinski definition) is 0. The first-order valence-corrected chi connectivity index (χ1v) is 18.9. The van der Waals surface area contributed by atoms with E-state index in [1.54, 1.807) is 13.8 Å². The van der Waals surface area contributed by atoms with Crippen molar-refractivity contribution in [3.63, 3.8) is 0 Å². The Kier molecular flexibility index (Phi) is 37.1. The molecule has 0 rings (SSSR count). The van der Waals surface area contributed by atoms with Gasteiger partial charge in [0.25, 0.3) is 0 Å². The first kappa shape index (κ1) is 47.6. The zero-order chi connectivity index (χ0) is 34.8. The summed E-state index contributed by atoms with van der Waals surface area (Å²) in [6, 6.07) is -0.591. The van der Waals surface area contributed by atoms with Crippen LogP contribution in [0.25, 0.3) is 0 Å². The molecule has 0 N–H and O–H groups in total. The van der Waals surface area contributed by atoms with Crippen LogP contribution in [0.5, 0.6) is 0 Å². The molecule has 9 nitrogen and oxygen atoms in total. The zero-order valence-electron chi connectivity index (χ0n) is 30.8. The van der Waals surface area contributed by atoms with Crippen LogP contribution in [0.2, 0.25) is 0 Å². The van der Waals surface area contributed by atoms with Crippen molar-refractivity contribution in [3.8, 4) is 0 Å². The summed E-state index contributed by atoms with van der Waals surface area (Å²) in [5.41, 5.74) is -0.736. The summed E-state index contributed by atoms with van der Waals surface area (Å²) in [5.74, 6) is 0. The van der Waals surface area contributed by atoms with Crippen LogP contribution in [0.3, 0.4) is 0 Å². The molecule has 0 aliphatic rings. The van der Waals surface area contributed by atoms with Gasteiger partial charge < -0.3 is 0 Å². The van der Waals surface area contributed by atoms with Crippen LogP contribution in [-0.4, -0.2) is 32.4 Å². The first-order chi connectivity index (χ1) is 21.4. The lowest BCUT2D eigenvalue weighted by atomic mass is 10.0. The molecule has 0 heterocycles. The summed E-state index contributed by atoms with van der Waals surface area (Å²) in [6.45, 7) is 13.6. The van der Waals surface area contributed by atoms with Crippen molar-refractivity contribution in [3.05, 3.63) is 30.3 Å². The Bertz CT molecular complexity index is 675. The summed E-state index contributed by atoms with van der Waals surface area (Å²) in [6.07, 6.45) is 29.9. The standard InChI is InChI=1S/C17H35NO2.C14H29NO2.C5H11NO2/c1-3-5-6-7-8-9-10-11-12-13-14-15-16-17(4-2)18(19)20;1-3-5-7-9-11-13-14(15(16)17)12-10-8-6-4-2;1-4-5(2,3)6(7)8/h17H,3-16H2,1-2H3;14H,3-13H2,1-2H3;4H2,1-3H3. The molecule has 0 aromatic heterocycles. The Labute approximate surface area is 277 Å². The predicted molar refractivity (Wildman–Crippen MR) is 191 cm³/mol. The first-order valence-electron chi connectivity index (χ1n) is 18.9. The molecule has 0 aromatic rings. The lowest BCUT2D eigenvalue weighted by molar-refractivity contribution is -0.560. The fourth-order valence-corrected chi connectivity index (χ4v) is 4.95. The molecular weight excluding hydrogens is 570 g/mol. The third-order valence-corrected chi connectivity index (χ3v) is 8.85. The van der Waals surface area contributed by atoms with Crippen LogP contribution < -0.4 is 0 Å². The van der Waals surface area contributed by atoms with Crippen molar-refractivity contribution >= 4 is 0 Å². The monoisotopic (exact) mass is 646 g/mol. The summed E-state index contributed by atoms with van der Waals surface area (Å²) in [5, 5.41) is 31.6. The van der Waals surface area contributed by atoms with Crippen LogP contribution in [-0.2, 0) is 0 Å². The Morgan fingerprint density at radius 3 is 0.933 bits per heavy atom. The van der Waals surface area contributed by atoms with Gasteiger partial charge in [0.2, 0.25) is 17.6 Å². The van der Waals surface area contributed by atoms with Gasteiger partial charge in [-0.1, -0.05) is 150 Å². The van der Waals surface area contributed by atoms with Gasteiger partial charge in [0.15, 0.2) is 0 Å². The maximum Gasteiger partial charge on any atom is 0.216 e. The Hall–Kier alpha value is -1.80. The second-order valence-corrected chi connectivity index (χ2v) is 13.4. The third-order valence-electron chi connectivity index (χ3n) is 8.85. The second-order valence-electron chi connectivity index (χ2n) is 13.4. The van der Waals surface area contributed by atoms with Gasteiger partial charge in [-0.25, -0.2) is 0 Å². The van der Waals surface area contributed by atoms with Gasteiger partial charge in [0.05, 0.1) is 0 Å². The molecule has 0 aliphatic heterocycles. The van der Waals surface area contributed by atoms with E-state index in [0.717, 1.165) is 51.4 Å². The average molecular weight is 646 g/mol. The van der Waals surface area contributed by atoms with Crippen LogP contribution in [0.15, 0.2) is 0 Å². The van der Waals surface area contributed by atoms with Crippen molar-refractivity contribution < 1.29 is 14.8 Å². The largest absolute Gasteiger partial charge is 0.264 e. The number of hydrogen-bond acceptors (Lipinski definition) is 6. The molecule has 45 heavy (non-hydrogen) atoms. The van der Waals surface area contributed by atoms with Crippen molar-refractivity contribution in [1.29, 1.82) is 0 Å². The van der Waals surface area contributed by atoms with Gasteiger partial charge in [-0.15, -0.1) is 0 Å². The predicted octanol–water partition coefficient (Wildman–Crippen LogP) is 12.5. The molecule has 9 heteroatoms. The molecular formula is C36H75N3O6. The van der Waals surface area contributed by atoms with Crippen molar-refractivity contribution in [2.75, 3.05) is 0 Å². The van der Waals surface area contributed by atoms with E-state index < -0.39 is 5.54 Å². The molecule has 2 atom stereocenters. The second kappa shape index (κ2) is 35.1. The maximum atomic E-state index is 10.9. The highest BCUT2D eigenvalue weighted by Crippen LogP contribution is 2.16. The van der Waals surface area contributed by atoms with E-state index in [0.29, 0.717) is 12.8 Å².